The van der Waals surface area contributed by atoms with Crippen molar-refractivity contribution in [3.05, 3.63) is 206 Å². The fourth-order valence-electron chi connectivity index (χ4n) is 8.82. The Morgan fingerprint density at radius 3 is 1.62 bits per heavy atom. The largest absolute Gasteiger partial charge is 0.309 e. The Hall–Kier alpha value is -7.73. The quantitative estimate of drug-likeness (QED) is 0.169. The van der Waals surface area contributed by atoms with Crippen molar-refractivity contribution < 1.29 is 0 Å². The number of thiophene rings is 1. The van der Waals surface area contributed by atoms with Crippen molar-refractivity contribution in [3.8, 4) is 62.0 Å². The van der Waals surface area contributed by atoms with Gasteiger partial charge >= 0.3 is 0 Å². The summed E-state index contributed by atoms with van der Waals surface area (Å²) >= 11 is 1.82. The first-order chi connectivity index (χ1) is 29.7. The van der Waals surface area contributed by atoms with Crippen LogP contribution in [0.15, 0.2) is 206 Å². The Labute approximate surface area is 350 Å². The molecule has 4 nitrogen and oxygen atoms in total. The molecule has 12 aromatic rings. The van der Waals surface area contributed by atoms with E-state index in [9.17, 15) is 0 Å². The van der Waals surface area contributed by atoms with E-state index >= 15 is 0 Å². The van der Waals surface area contributed by atoms with Crippen LogP contribution >= 0.6 is 11.3 Å². The van der Waals surface area contributed by atoms with E-state index in [0.29, 0.717) is 5.82 Å². The average Bonchev–Trinajstić information content (AvgIpc) is 3.88. The maximum atomic E-state index is 5.33. The van der Waals surface area contributed by atoms with E-state index in [2.05, 4.69) is 205 Å². The van der Waals surface area contributed by atoms with Crippen molar-refractivity contribution in [1.82, 2.24) is 19.5 Å². The van der Waals surface area contributed by atoms with Gasteiger partial charge in [0.25, 0.3) is 0 Å². The zero-order valence-corrected chi connectivity index (χ0v) is 33.1. The van der Waals surface area contributed by atoms with Crippen molar-refractivity contribution >= 4 is 64.2 Å². The first kappa shape index (κ1) is 34.3. The summed E-state index contributed by atoms with van der Waals surface area (Å²) in [4.78, 5) is 15.7. The van der Waals surface area contributed by atoms with Crippen LogP contribution in [0.1, 0.15) is 0 Å². The normalized spacial score (nSPS) is 11.7. The van der Waals surface area contributed by atoms with Gasteiger partial charge in [0.2, 0.25) is 0 Å². The summed E-state index contributed by atoms with van der Waals surface area (Å²) in [6.07, 6.45) is 0. The highest BCUT2D eigenvalue weighted by Gasteiger charge is 2.19. The third-order valence-electron chi connectivity index (χ3n) is 11.6. The second-order valence-corrected chi connectivity index (χ2v) is 16.2. The van der Waals surface area contributed by atoms with Gasteiger partial charge in [-0.1, -0.05) is 164 Å². The maximum Gasteiger partial charge on any atom is 0.160 e. The van der Waals surface area contributed by atoms with Gasteiger partial charge in [0.15, 0.2) is 5.82 Å². The van der Waals surface area contributed by atoms with E-state index in [0.717, 1.165) is 61.7 Å². The minimum absolute atomic E-state index is 0.683. The number of para-hydroxylation sites is 2. The summed E-state index contributed by atoms with van der Waals surface area (Å²) in [6, 6.07) is 72.9. The van der Waals surface area contributed by atoms with E-state index in [1.807, 2.05) is 17.4 Å². The number of nitrogens with zero attached hydrogens (tertiary/aromatic N) is 4. The lowest BCUT2D eigenvalue weighted by molar-refractivity contribution is 1.17. The molecule has 0 aliphatic rings. The number of hydrogen-bond acceptors (Lipinski definition) is 4. The van der Waals surface area contributed by atoms with Crippen LogP contribution in [0.2, 0.25) is 0 Å². The Balaban J connectivity index is 0.968. The van der Waals surface area contributed by atoms with Gasteiger partial charge in [0.05, 0.1) is 38.3 Å². The number of aromatic nitrogens is 4. The Kier molecular flexibility index (Phi) is 8.00. The van der Waals surface area contributed by atoms with Gasteiger partial charge in [0, 0.05) is 59.6 Å². The molecule has 0 fully saturated rings. The molecule has 60 heavy (non-hydrogen) atoms. The summed E-state index contributed by atoms with van der Waals surface area (Å²) in [6.45, 7) is 0. The second kappa shape index (κ2) is 14.0. The van der Waals surface area contributed by atoms with Crippen LogP contribution in [0.5, 0.6) is 0 Å². The monoisotopic (exact) mass is 782 g/mol. The fraction of sp³-hybridized carbons (Fsp3) is 0. The minimum Gasteiger partial charge on any atom is -0.309 e. The zero-order chi connectivity index (χ0) is 39.6. The molecule has 0 saturated carbocycles. The maximum absolute atomic E-state index is 5.33. The summed E-state index contributed by atoms with van der Waals surface area (Å²) in [5.41, 5.74) is 13.7. The minimum atomic E-state index is 0.683. The van der Waals surface area contributed by atoms with Crippen molar-refractivity contribution in [3.63, 3.8) is 0 Å². The summed E-state index contributed by atoms with van der Waals surface area (Å²) in [7, 11) is 0. The molecule has 0 bridgehead atoms. The zero-order valence-electron chi connectivity index (χ0n) is 32.3. The molecular weight excluding hydrogens is 749 g/mol. The first-order valence-corrected chi connectivity index (χ1v) is 21.0. The van der Waals surface area contributed by atoms with Crippen LogP contribution in [0, 0.1) is 0 Å². The Bertz CT molecular complexity index is 3520. The van der Waals surface area contributed by atoms with Crippen LogP contribution in [-0.2, 0) is 0 Å². The fourth-order valence-corrected chi connectivity index (χ4v) is 10.0. The molecule has 0 unspecified atom stereocenters. The summed E-state index contributed by atoms with van der Waals surface area (Å²) in [5.74, 6) is 0.683. The lowest BCUT2D eigenvalue weighted by Crippen LogP contribution is -1.97. The van der Waals surface area contributed by atoms with Crippen molar-refractivity contribution in [2.24, 2.45) is 0 Å². The van der Waals surface area contributed by atoms with E-state index in [1.165, 1.54) is 47.4 Å². The van der Waals surface area contributed by atoms with Crippen molar-refractivity contribution in [2.75, 3.05) is 0 Å². The molecule has 0 aliphatic heterocycles. The topological polar surface area (TPSA) is 43.6 Å². The number of hydrogen-bond donors (Lipinski definition) is 0. The molecule has 8 aromatic carbocycles. The van der Waals surface area contributed by atoms with E-state index < -0.39 is 0 Å². The summed E-state index contributed by atoms with van der Waals surface area (Å²) in [5, 5.41) is 6.18. The Morgan fingerprint density at radius 2 is 0.933 bits per heavy atom. The van der Waals surface area contributed by atoms with Gasteiger partial charge in [-0.3, -0.25) is 0 Å². The standard InChI is InChI=1S/C55H34N4S/c1-3-14-36(15-4-1)46-34-47(37-30-32-40(33-31-37)59-48-23-10-7-18-42(48)43-19-8-11-24-49(43)59)58-55(57-46)39-28-26-35(27-29-39)41-21-13-22-45-51(41)52-44-20-9-12-25-50(44)60-54(52)53(56-45)38-16-5-2-6-17-38/h1-34H. The van der Waals surface area contributed by atoms with Crippen LogP contribution in [-0.4, -0.2) is 19.5 Å². The van der Waals surface area contributed by atoms with Crippen LogP contribution in [0.4, 0.5) is 0 Å². The molecule has 5 heteroatoms. The van der Waals surface area contributed by atoms with Crippen LogP contribution in [0.3, 0.4) is 0 Å². The van der Waals surface area contributed by atoms with Crippen molar-refractivity contribution in [1.29, 1.82) is 0 Å². The number of pyridine rings is 1. The summed E-state index contributed by atoms with van der Waals surface area (Å²) < 4.78 is 4.81. The molecule has 0 atom stereocenters. The molecule has 280 valence electrons. The molecule has 4 heterocycles. The molecule has 0 N–H and O–H groups in total. The second-order valence-electron chi connectivity index (χ2n) is 15.2. The molecule has 0 amide bonds. The molecule has 12 rings (SSSR count). The highest BCUT2D eigenvalue weighted by atomic mass is 32.1. The highest BCUT2D eigenvalue weighted by Crippen LogP contribution is 2.45. The lowest BCUT2D eigenvalue weighted by atomic mass is 9.95. The third-order valence-corrected chi connectivity index (χ3v) is 12.8. The smallest absolute Gasteiger partial charge is 0.160 e. The average molecular weight is 783 g/mol. The van der Waals surface area contributed by atoms with Gasteiger partial charge in [-0.25, -0.2) is 15.0 Å². The molecule has 0 aliphatic carbocycles. The van der Waals surface area contributed by atoms with E-state index in [1.54, 1.807) is 0 Å². The van der Waals surface area contributed by atoms with Crippen molar-refractivity contribution in [2.45, 2.75) is 0 Å². The van der Waals surface area contributed by atoms with E-state index in [4.69, 9.17) is 15.0 Å². The highest BCUT2D eigenvalue weighted by molar-refractivity contribution is 7.26. The van der Waals surface area contributed by atoms with Gasteiger partial charge in [0.1, 0.15) is 0 Å². The molecule has 0 spiro atoms. The van der Waals surface area contributed by atoms with Crippen LogP contribution in [0.25, 0.3) is 115 Å². The third kappa shape index (κ3) is 5.63. The predicted octanol–water partition coefficient (Wildman–Crippen LogP) is 14.8. The SMILES string of the molecule is c1ccc(-c2cc(-c3ccc(-n4c5ccccc5c5ccccc54)cc3)nc(-c3ccc(-c4cccc5nc(-c6ccccc6)c6sc7ccccc7c6c45)cc3)n2)cc1. The lowest BCUT2D eigenvalue weighted by Gasteiger charge is -2.13. The predicted molar refractivity (Wildman–Crippen MR) is 252 cm³/mol. The Morgan fingerprint density at radius 1 is 0.383 bits per heavy atom. The molecule has 0 radical (unpaired) electrons. The number of benzene rings is 8. The van der Waals surface area contributed by atoms with Gasteiger partial charge in [-0.2, -0.15) is 0 Å². The number of rotatable bonds is 6. The molecular formula is C55H34N4S. The van der Waals surface area contributed by atoms with Gasteiger partial charge in [-0.15, -0.1) is 11.3 Å². The molecule has 0 saturated heterocycles. The van der Waals surface area contributed by atoms with Gasteiger partial charge in [-0.05, 0) is 53.6 Å². The van der Waals surface area contributed by atoms with Crippen LogP contribution < -0.4 is 0 Å². The molecule has 4 aromatic heterocycles. The van der Waals surface area contributed by atoms with E-state index in [-0.39, 0.29) is 0 Å². The van der Waals surface area contributed by atoms with Gasteiger partial charge < -0.3 is 4.57 Å². The first-order valence-electron chi connectivity index (χ1n) is 20.2. The number of fused-ring (bicyclic) bond motifs is 8.